The molecule has 0 unspecified atom stereocenters. The molecule has 0 saturated carbocycles. The van der Waals surface area contributed by atoms with Crippen LogP contribution in [0.4, 0.5) is 5.13 Å². The zero-order valence-electron chi connectivity index (χ0n) is 12.7. The molecule has 2 heterocycles. The van der Waals surface area contributed by atoms with E-state index in [1.165, 1.54) is 21.1 Å². The maximum atomic E-state index is 4.73. The summed E-state index contributed by atoms with van der Waals surface area (Å²) in [6.07, 6.45) is 4.87. The molecular weight excluding hydrogens is 369 g/mol. The van der Waals surface area contributed by atoms with Gasteiger partial charge in [-0.15, -0.1) is 47.5 Å². The molecule has 3 rings (SSSR count). The smallest absolute Gasteiger partial charge is 0.182 e. The van der Waals surface area contributed by atoms with E-state index >= 15 is 0 Å². The predicted molar refractivity (Wildman–Crippen MR) is 105 cm³/mol. The first-order chi connectivity index (χ1) is 10.3. The number of anilines is 1. The van der Waals surface area contributed by atoms with Crippen molar-refractivity contribution >= 4 is 52.6 Å². The van der Waals surface area contributed by atoms with Crippen LogP contribution in [0.25, 0.3) is 0 Å². The molecular formula is C16H19Cl2N3S2. The number of hydrogen-bond donors (Lipinski definition) is 1. The Balaban J connectivity index is 0.00000132. The molecule has 0 atom stereocenters. The lowest BCUT2D eigenvalue weighted by molar-refractivity contribution is 0.939. The van der Waals surface area contributed by atoms with Crippen LogP contribution in [-0.2, 0) is 19.3 Å². The summed E-state index contributed by atoms with van der Waals surface area (Å²) >= 11 is 3.47. The average Bonchev–Trinajstić information content (AvgIpc) is 3.15. The molecule has 2 aromatic heterocycles. The van der Waals surface area contributed by atoms with Crippen LogP contribution in [0.5, 0.6) is 0 Å². The number of nitrogens with zero attached hydrogens (tertiary/aromatic N) is 2. The Labute approximate surface area is 157 Å². The van der Waals surface area contributed by atoms with Crippen LogP contribution in [0.2, 0.25) is 0 Å². The van der Waals surface area contributed by atoms with E-state index in [4.69, 9.17) is 4.98 Å². The Morgan fingerprint density at radius 3 is 2.57 bits per heavy atom. The van der Waals surface area contributed by atoms with Gasteiger partial charge in [-0.2, -0.15) is 0 Å². The highest BCUT2D eigenvalue weighted by atomic mass is 35.5. The number of aromatic nitrogens is 2. The molecule has 0 bridgehead atoms. The third kappa shape index (κ3) is 5.77. The van der Waals surface area contributed by atoms with Crippen LogP contribution in [0, 0.1) is 0 Å². The number of aryl methyl sites for hydroxylation is 2. The second kappa shape index (κ2) is 9.88. The van der Waals surface area contributed by atoms with E-state index < -0.39 is 0 Å². The maximum Gasteiger partial charge on any atom is 0.182 e. The summed E-state index contributed by atoms with van der Waals surface area (Å²) in [5.41, 5.74) is 2.48. The Bertz CT molecular complexity index is 698. The van der Waals surface area contributed by atoms with Gasteiger partial charge in [-0.25, -0.2) is 9.97 Å². The van der Waals surface area contributed by atoms with Crippen molar-refractivity contribution in [3.05, 3.63) is 63.1 Å². The van der Waals surface area contributed by atoms with Gasteiger partial charge in [0.15, 0.2) is 5.13 Å². The number of hydrogen-bond acceptors (Lipinski definition) is 5. The van der Waals surface area contributed by atoms with E-state index in [0.29, 0.717) is 0 Å². The number of rotatable bonds is 6. The van der Waals surface area contributed by atoms with E-state index in [2.05, 4.69) is 39.9 Å². The van der Waals surface area contributed by atoms with Crippen molar-refractivity contribution in [1.82, 2.24) is 9.97 Å². The molecule has 3 nitrogen and oxygen atoms in total. The van der Waals surface area contributed by atoms with Crippen LogP contribution in [0.15, 0.2) is 41.9 Å². The molecule has 7 heteroatoms. The van der Waals surface area contributed by atoms with Crippen LogP contribution < -0.4 is 5.32 Å². The lowest BCUT2D eigenvalue weighted by atomic mass is 10.1. The largest absolute Gasteiger partial charge is 0.365 e. The first-order valence-electron chi connectivity index (χ1n) is 6.93. The number of halogens is 2. The highest BCUT2D eigenvalue weighted by Crippen LogP contribution is 2.21. The third-order valence-corrected chi connectivity index (χ3v) is 5.21. The van der Waals surface area contributed by atoms with Gasteiger partial charge in [-0.05, 0) is 12.0 Å². The molecule has 1 N–H and O–H groups in total. The molecule has 0 saturated heterocycles. The number of benzene rings is 1. The molecule has 0 aliphatic carbocycles. The highest BCUT2D eigenvalue weighted by molar-refractivity contribution is 7.15. The fraction of sp³-hybridized carbons (Fsp3) is 0.250. The summed E-state index contributed by atoms with van der Waals surface area (Å²) in [6.45, 7) is 0. The highest BCUT2D eigenvalue weighted by Gasteiger charge is 2.05. The summed E-state index contributed by atoms with van der Waals surface area (Å²) in [5.74, 6) is 0. The Morgan fingerprint density at radius 1 is 1.09 bits per heavy atom. The van der Waals surface area contributed by atoms with E-state index in [9.17, 15) is 0 Å². The summed E-state index contributed by atoms with van der Waals surface area (Å²) in [4.78, 5) is 10.3. The van der Waals surface area contributed by atoms with Crippen molar-refractivity contribution in [3.63, 3.8) is 0 Å². The van der Waals surface area contributed by atoms with Gasteiger partial charge >= 0.3 is 0 Å². The molecule has 0 aliphatic rings. The topological polar surface area (TPSA) is 37.8 Å². The molecule has 0 spiro atoms. The Hall–Kier alpha value is -1.14. The monoisotopic (exact) mass is 387 g/mol. The molecule has 3 aromatic rings. The van der Waals surface area contributed by atoms with Gasteiger partial charge in [-0.1, -0.05) is 30.3 Å². The van der Waals surface area contributed by atoms with Gasteiger partial charge in [-0.3, -0.25) is 0 Å². The van der Waals surface area contributed by atoms with Crippen molar-refractivity contribution in [2.75, 3.05) is 12.4 Å². The summed E-state index contributed by atoms with van der Waals surface area (Å²) in [6, 6.07) is 10.5. The second-order valence-corrected chi connectivity index (χ2v) is 6.83. The molecule has 1 aromatic carbocycles. The van der Waals surface area contributed by atoms with Crippen LogP contribution in [-0.4, -0.2) is 17.0 Å². The fourth-order valence-corrected chi connectivity index (χ4v) is 3.68. The fourth-order valence-electron chi connectivity index (χ4n) is 2.12. The minimum Gasteiger partial charge on any atom is -0.365 e. The molecule has 0 radical (unpaired) electrons. The van der Waals surface area contributed by atoms with Gasteiger partial charge in [0.1, 0.15) is 0 Å². The minimum atomic E-state index is 0. The molecule has 0 amide bonds. The second-order valence-electron chi connectivity index (χ2n) is 4.78. The van der Waals surface area contributed by atoms with Crippen molar-refractivity contribution < 1.29 is 0 Å². The minimum absolute atomic E-state index is 0. The van der Waals surface area contributed by atoms with E-state index in [0.717, 1.165) is 24.4 Å². The summed E-state index contributed by atoms with van der Waals surface area (Å²) in [5, 5.41) is 7.44. The lowest BCUT2D eigenvalue weighted by Gasteiger charge is -1.97. The maximum absolute atomic E-state index is 4.73. The lowest BCUT2D eigenvalue weighted by Crippen LogP contribution is -1.91. The van der Waals surface area contributed by atoms with Crippen molar-refractivity contribution in [2.24, 2.45) is 0 Å². The van der Waals surface area contributed by atoms with Crippen LogP contribution in [0.3, 0.4) is 0 Å². The third-order valence-electron chi connectivity index (χ3n) is 3.18. The molecule has 124 valence electrons. The Morgan fingerprint density at radius 2 is 1.87 bits per heavy atom. The van der Waals surface area contributed by atoms with Crippen molar-refractivity contribution in [1.29, 1.82) is 0 Å². The van der Waals surface area contributed by atoms with Crippen molar-refractivity contribution in [3.8, 4) is 0 Å². The molecule has 0 fully saturated rings. The van der Waals surface area contributed by atoms with E-state index in [1.54, 1.807) is 22.7 Å². The molecule has 0 aliphatic heterocycles. The van der Waals surface area contributed by atoms with E-state index in [1.807, 2.05) is 19.3 Å². The standard InChI is InChI=1S/C16H17N3S2.2ClH/c1-17-16-18-10-14(21-16)7-8-15-19-13(11-20-15)9-12-5-3-2-4-6-12;;/h2-6,10-11H,7-9H2,1H3,(H,17,18);2*1H. The predicted octanol–water partition coefficient (Wildman–Crippen LogP) is 4.86. The van der Waals surface area contributed by atoms with E-state index in [-0.39, 0.29) is 24.8 Å². The quantitative estimate of drug-likeness (QED) is 0.655. The van der Waals surface area contributed by atoms with Gasteiger partial charge in [0.25, 0.3) is 0 Å². The zero-order valence-corrected chi connectivity index (χ0v) is 16.0. The summed E-state index contributed by atoms with van der Waals surface area (Å²) < 4.78 is 0. The zero-order chi connectivity index (χ0) is 14.5. The number of nitrogens with one attached hydrogen (secondary N) is 1. The van der Waals surface area contributed by atoms with Crippen LogP contribution in [0.1, 0.15) is 21.1 Å². The average molecular weight is 388 g/mol. The van der Waals surface area contributed by atoms with Crippen LogP contribution >= 0.6 is 47.5 Å². The summed E-state index contributed by atoms with van der Waals surface area (Å²) in [7, 11) is 1.90. The van der Waals surface area contributed by atoms with Gasteiger partial charge in [0.2, 0.25) is 0 Å². The van der Waals surface area contributed by atoms with Crippen molar-refractivity contribution in [2.45, 2.75) is 19.3 Å². The normalized spacial score (nSPS) is 9.78. The first-order valence-corrected chi connectivity index (χ1v) is 8.63. The Kier molecular flexibility index (Phi) is 8.55. The number of thiazole rings is 2. The van der Waals surface area contributed by atoms with Gasteiger partial charge < -0.3 is 5.32 Å². The van der Waals surface area contributed by atoms with Gasteiger partial charge in [0.05, 0.1) is 10.7 Å². The van der Waals surface area contributed by atoms with Gasteiger partial charge in [0, 0.05) is 36.3 Å². The SMILES string of the molecule is CNc1ncc(CCc2nc(Cc3ccccc3)cs2)s1.Cl.Cl. The first kappa shape index (κ1) is 19.9. The molecule has 23 heavy (non-hydrogen) atoms.